The summed E-state index contributed by atoms with van der Waals surface area (Å²) in [6.07, 6.45) is 0. The molecule has 100 valence electrons. The largest absolute Gasteiger partial charge is 0.385 e. The molecule has 4 heteroatoms. The van der Waals surface area contributed by atoms with Crippen molar-refractivity contribution in [2.24, 2.45) is 0 Å². The second-order valence-electron chi connectivity index (χ2n) is 4.75. The van der Waals surface area contributed by atoms with Crippen LogP contribution >= 0.6 is 0 Å². The summed E-state index contributed by atoms with van der Waals surface area (Å²) in [4.78, 5) is 11.9. The van der Waals surface area contributed by atoms with Crippen LogP contribution < -0.4 is 10.6 Å². The summed E-state index contributed by atoms with van der Waals surface area (Å²) in [6.45, 7) is 7.25. The monoisotopic (exact) mass is 250 g/mol. The summed E-state index contributed by atoms with van der Waals surface area (Å²) >= 11 is 0. The van der Waals surface area contributed by atoms with Crippen LogP contribution in [-0.4, -0.2) is 31.7 Å². The number of nitrogens with one attached hydrogen (secondary N) is 2. The quantitative estimate of drug-likeness (QED) is 0.814. The first-order valence-electron chi connectivity index (χ1n) is 6.16. The number of benzene rings is 1. The summed E-state index contributed by atoms with van der Waals surface area (Å²) in [5, 5.41) is 6.04. The van der Waals surface area contributed by atoms with Crippen molar-refractivity contribution in [1.82, 2.24) is 5.32 Å². The van der Waals surface area contributed by atoms with Crippen molar-refractivity contribution in [2.75, 3.05) is 25.5 Å². The summed E-state index contributed by atoms with van der Waals surface area (Å²) in [5.41, 5.74) is 1.33. The normalized spacial score (nSPS) is 11.1. The van der Waals surface area contributed by atoms with Gasteiger partial charge in [-0.25, -0.2) is 0 Å². The molecule has 1 amide bonds. The van der Waals surface area contributed by atoms with Gasteiger partial charge in [0.2, 0.25) is 0 Å². The smallest absolute Gasteiger partial charge is 0.251 e. The number of rotatable bonds is 6. The van der Waals surface area contributed by atoms with Gasteiger partial charge in [-0.15, -0.1) is 0 Å². The molecule has 0 fully saturated rings. The van der Waals surface area contributed by atoms with E-state index < -0.39 is 0 Å². The van der Waals surface area contributed by atoms with Crippen LogP contribution in [-0.2, 0) is 4.74 Å². The van der Waals surface area contributed by atoms with E-state index in [9.17, 15) is 4.79 Å². The molecule has 0 aliphatic carbocycles. The van der Waals surface area contributed by atoms with Crippen LogP contribution in [0.15, 0.2) is 24.3 Å². The lowest BCUT2D eigenvalue weighted by Gasteiger charge is -2.23. The Balaban J connectivity index is 2.56. The molecule has 0 spiro atoms. The molecule has 0 heterocycles. The Morgan fingerprint density at radius 2 is 1.89 bits per heavy atom. The highest BCUT2D eigenvalue weighted by atomic mass is 16.5. The molecule has 0 bridgehead atoms. The molecule has 18 heavy (non-hydrogen) atoms. The van der Waals surface area contributed by atoms with Crippen molar-refractivity contribution in [2.45, 2.75) is 26.4 Å². The third kappa shape index (κ3) is 4.37. The predicted octanol–water partition coefficient (Wildman–Crippen LogP) is 2.27. The Hall–Kier alpha value is -1.55. The predicted molar refractivity (Wildman–Crippen MR) is 74.0 cm³/mol. The topological polar surface area (TPSA) is 50.4 Å². The molecule has 4 nitrogen and oxygen atoms in total. The van der Waals surface area contributed by atoms with Crippen LogP contribution in [0.5, 0.6) is 0 Å². The Bertz CT molecular complexity index is 385. The van der Waals surface area contributed by atoms with Crippen molar-refractivity contribution < 1.29 is 9.53 Å². The number of ether oxygens (including phenoxy) is 1. The fourth-order valence-electron chi connectivity index (χ4n) is 1.41. The van der Waals surface area contributed by atoms with Crippen molar-refractivity contribution >= 4 is 11.6 Å². The van der Waals surface area contributed by atoms with Crippen molar-refractivity contribution in [3.8, 4) is 0 Å². The van der Waals surface area contributed by atoms with Crippen molar-refractivity contribution in [3.63, 3.8) is 0 Å². The minimum Gasteiger partial charge on any atom is -0.385 e. The molecule has 2 N–H and O–H groups in total. The zero-order valence-electron chi connectivity index (χ0n) is 11.5. The van der Waals surface area contributed by atoms with E-state index in [1.807, 2.05) is 45.0 Å². The Morgan fingerprint density at radius 3 is 2.39 bits per heavy atom. The number of carbonyl (C=O) groups is 1. The minimum absolute atomic E-state index is 0.0804. The van der Waals surface area contributed by atoms with Crippen LogP contribution in [0.1, 0.15) is 31.1 Å². The van der Waals surface area contributed by atoms with E-state index in [1.165, 1.54) is 0 Å². The molecule has 0 aliphatic rings. The summed E-state index contributed by atoms with van der Waals surface area (Å²) in [6, 6.07) is 7.43. The molecule has 0 unspecified atom stereocenters. The van der Waals surface area contributed by atoms with Gasteiger partial charge in [0, 0.05) is 31.5 Å². The van der Waals surface area contributed by atoms with Gasteiger partial charge in [0.05, 0.1) is 5.60 Å². The highest BCUT2D eigenvalue weighted by Gasteiger charge is 2.17. The maximum absolute atomic E-state index is 11.9. The van der Waals surface area contributed by atoms with E-state index in [2.05, 4.69) is 10.6 Å². The molecule has 0 saturated heterocycles. The van der Waals surface area contributed by atoms with E-state index in [0.29, 0.717) is 12.1 Å². The fraction of sp³-hybridized carbons (Fsp3) is 0.500. The van der Waals surface area contributed by atoms with Crippen LogP contribution in [0, 0.1) is 0 Å². The van der Waals surface area contributed by atoms with E-state index >= 15 is 0 Å². The molecule has 1 aromatic rings. The van der Waals surface area contributed by atoms with Gasteiger partial charge in [0.25, 0.3) is 5.91 Å². The summed E-state index contributed by atoms with van der Waals surface area (Å²) in [5.74, 6) is -0.0804. The van der Waals surface area contributed by atoms with Gasteiger partial charge in [-0.05, 0) is 45.0 Å². The third-order valence-corrected chi connectivity index (χ3v) is 2.76. The number of carbonyl (C=O) groups excluding carboxylic acids is 1. The average molecular weight is 250 g/mol. The van der Waals surface area contributed by atoms with Crippen LogP contribution in [0.2, 0.25) is 0 Å². The number of hydrogen-bond acceptors (Lipinski definition) is 3. The highest BCUT2D eigenvalue weighted by Crippen LogP contribution is 2.10. The maximum atomic E-state index is 11.9. The van der Waals surface area contributed by atoms with Crippen molar-refractivity contribution in [3.05, 3.63) is 29.8 Å². The van der Waals surface area contributed by atoms with Gasteiger partial charge in [0.1, 0.15) is 0 Å². The number of methoxy groups -OCH3 is 1. The molecule has 0 radical (unpaired) electrons. The van der Waals surface area contributed by atoms with Gasteiger partial charge in [-0.3, -0.25) is 4.79 Å². The summed E-state index contributed by atoms with van der Waals surface area (Å²) in [7, 11) is 1.64. The zero-order valence-corrected chi connectivity index (χ0v) is 11.5. The molecule has 1 rings (SSSR count). The first kappa shape index (κ1) is 14.5. The lowest BCUT2D eigenvalue weighted by atomic mass is 10.1. The number of hydrogen-bond donors (Lipinski definition) is 2. The second-order valence-corrected chi connectivity index (χ2v) is 4.75. The standard InChI is InChI=1S/C14H22N2O2/c1-5-15-12-8-6-11(7-9-12)13(17)16-10-14(2,3)18-4/h6-9,15H,5,10H2,1-4H3,(H,16,17). The first-order chi connectivity index (χ1) is 8.48. The number of amides is 1. The molecule has 0 atom stereocenters. The third-order valence-electron chi connectivity index (χ3n) is 2.76. The van der Waals surface area contributed by atoms with E-state index in [4.69, 9.17) is 4.74 Å². The van der Waals surface area contributed by atoms with E-state index in [1.54, 1.807) is 7.11 Å². The van der Waals surface area contributed by atoms with Gasteiger partial charge in [-0.1, -0.05) is 0 Å². The Kier molecular flexibility index (Phi) is 5.16. The molecule has 0 aliphatic heterocycles. The van der Waals surface area contributed by atoms with Gasteiger partial charge in [0.15, 0.2) is 0 Å². The van der Waals surface area contributed by atoms with Crippen LogP contribution in [0.25, 0.3) is 0 Å². The van der Waals surface area contributed by atoms with Gasteiger partial charge < -0.3 is 15.4 Å². The van der Waals surface area contributed by atoms with Gasteiger partial charge in [-0.2, -0.15) is 0 Å². The Labute approximate surface area is 109 Å². The lowest BCUT2D eigenvalue weighted by molar-refractivity contribution is 0.0229. The molecular formula is C14H22N2O2. The van der Waals surface area contributed by atoms with E-state index in [0.717, 1.165) is 12.2 Å². The maximum Gasteiger partial charge on any atom is 0.251 e. The first-order valence-corrected chi connectivity index (χ1v) is 6.16. The lowest BCUT2D eigenvalue weighted by Crippen LogP contribution is -2.39. The van der Waals surface area contributed by atoms with Crippen molar-refractivity contribution in [1.29, 1.82) is 0 Å². The highest BCUT2D eigenvalue weighted by molar-refractivity contribution is 5.94. The average Bonchev–Trinajstić information content (AvgIpc) is 2.37. The zero-order chi connectivity index (χ0) is 13.6. The molecular weight excluding hydrogens is 228 g/mol. The molecule has 0 saturated carbocycles. The summed E-state index contributed by atoms with van der Waals surface area (Å²) < 4.78 is 5.25. The van der Waals surface area contributed by atoms with E-state index in [-0.39, 0.29) is 11.5 Å². The Morgan fingerprint density at radius 1 is 1.28 bits per heavy atom. The number of anilines is 1. The van der Waals surface area contributed by atoms with Crippen LogP contribution in [0.4, 0.5) is 5.69 Å². The molecule has 1 aromatic carbocycles. The molecule has 0 aromatic heterocycles. The SMILES string of the molecule is CCNc1ccc(C(=O)NCC(C)(C)OC)cc1. The second kappa shape index (κ2) is 6.40. The van der Waals surface area contributed by atoms with Crippen LogP contribution in [0.3, 0.4) is 0 Å². The minimum atomic E-state index is -0.348. The van der Waals surface area contributed by atoms with Gasteiger partial charge >= 0.3 is 0 Å². The fourth-order valence-corrected chi connectivity index (χ4v) is 1.41.